The summed E-state index contributed by atoms with van der Waals surface area (Å²) in [6.45, 7) is 0. The Balaban J connectivity index is 0. The third-order valence-electron chi connectivity index (χ3n) is 1.44. The molecular formula is C9H13ClO2PPd-. The maximum atomic E-state index is 5.09. The summed E-state index contributed by atoms with van der Waals surface area (Å²) < 4.78 is 10.1. The predicted molar refractivity (Wildman–Crippen MR) is 60.1 cm³/mol. The van der Waals surface area contributed by atoms with Gasteiger partial charge in [0.2, 0.25) is 0 Å². The fourth-order valence-corrected chi connectivity index (χ4v) is 1.12. The van der Waals surface area contributed by atoms with Crippen molar-refractivity contribution in [2.45, 2.75) is 0 Å². The number of hydrogen-bond acceptors (Lipinski definition) is 2. The van der Waals surface area contributed by atoms with E-state index in [9.17, 15) is 0 Å². The minimum atomic E-state index is 0. The minimum absolute atomic E-state index is 0. The van der Waals surface area contributed by atoms with Gasteiger partial charge in [-0.2, -0.15) is 0 Å². The zero-order chi connectivity index (χ0) is 10.3. The average Bonchev–Trinajstić information content (AvgIpc) is 2.22. The SMILES string of the molecule is COc1ccc(P)c(OC)c1.[CH2-]Cl.[Pd]. The summed E-state index contributed by atoms with van der Waals surface area (Å²) in [5.41, 5.74) is 0. The Morgan fingerprint density at radius 1 is 1.21 bits per heavy atom. The number of rotatable bonds is 2. The fourth-order valence-electron chi connectivity index (χ4n) is 0.818. The molecule has 1 atom stereocenters. The van der Waals surface area contributed by atoms with Crippen LogP contribution in [0, 0.1) is 6.38 Å². The molecule has 0 aliphatic heterocycles. The van der Waals surface area contributed by atoms with E-state index < -0.39 is 0 Å². The quantitative estimate of drug-likeness (QED) is 0.471. The molecule has 1 rings (SSSR count). The second kappa shape index (κ2) is 9.75. The summed E-state index contributed by atoms with van der Waals surface area (Å²) in [4.78, 5) is 0. The van der Waals surface area contributed by atoms with Crippen LogP contribution >= 0.6 is 20.8 Å². The van der Waals surface area contributed by atoms with Crippen LogP contribution in [-0.4, -0.2) is 14.2 Å². The summed E-state index contributed by atoms with van der Waals surface area (Å²) >= 11 is 4.39. The molecule has 0 saturated carbocycles. The second-order valence-electron chi connectivity index (χ2n) is 2.11. The Kier molecular flexibility index (Phi) is 11.6. The fraction of sp³-hybridized carbons (Fsp3) is 0.222. The van der Waals surface area contributed by atoms with Crippen LogP contribution < -0.4 is 14.8 Å². The van der Waals surface area contributed by atoms with E-state index in [2.05, 4.69) is 27.2 Å². The van der Waals surface area contributed by atoms with Crippen LogP contribution in [0.3, 0.4) is 0 Å². The van der Waals surface area contributed by atoms with Gasteiger partial charge in [0.25, 0.3) is 0 Å². The van der Waals surface area contributed by atoms with Crippen molar-refractivity contribution in [3.05, 3.63) is 24.6 Å². The maximum absolute atomic E-state index is 5.09. The molecule has 0 heterocycles. The molecule has 0 bridgehead atoms. The van der Waals surface area contributed by atoms with E-state index in [1.165, 1.54) is 0 Å². The third-order valence-corrected chi connectivity index (χ3v) is 1.92. The third kappa shape index (κ3) is 5.17. The van der Waals surface area contributed by atoms with Crippen LogP contribution in [0.25, 0.3) is 0 Å². The molecular weight excluding hydrogens is 313 g/mol. The van der Waals surface area contributed by atoms with E-state index in [-0.39, 0.29) is 20.4 Å². The van der Waals surface area contributed by atoms with Gasteiger partial charge < -0.3 is 21.1 Å². The minimum Gasteiger partial charge on any atom is -0.497 e. The van der Waals surface area contributed by atoms with Crippen LogP contribution in [-0.2, 0) is 20.4 Å². The zero-order valence-corrected chi connectivity index (χ0v) is 11.5. The molecule has 0 aliphatic carbocycles. The first-order valence-electron chi connectivity index (χ1n) is 3.52. The van der Waals surface area contributed by atoms with Crippen LogP contribution in [0.15, 0.2) is 18.2 Å². The van der Waals surface area contributed by atoms with E-state index in [1.807, 2.05) is 18.2 Å². The molecule has 0 fully saturated rings. The van der Waals surface area contributed by atoms with Crippen LogP contribution in [0.4, 0.5) is 0 Å². The topological polar surface area (TPSA) is 18.5 Å². The van der Waals surface area contributed by atoms with Gasteiger partial charge in [-0.15, -0.1) is 9.24 Å². The number of ether oxygens (including phenoxy) is 2. The monoisotopic (exact) mass is 325 g/mol. The molecule has 0 radical (unpaired) electrons. The molecule has 0 spiro atoms. The van der Waals surface area contributed by atoms with Crippen molar-refractivity contribution in [2.24, 2.45) is 0 Å². The molecule has 1 unspecified atom stereocenters. The van der Waals surface area contributed by atoms with Crippen LogP contribution in [0.5, 0.6) is 11.5 Å². The van der Waals surface area contributed by atoms with E-state index in [0.717, 1.165) is 16.8 Å². The number of halogens is 1. The van der Waals surface area contributed by atoms with Gasteiger partial charge in [0.1, 0.15) is 11.5 Å². The van der Waals surface area contributed by atoms with Gasteiger partial charge >= 0.3 is 0 Å². The first kappa shape index (κ1) is 16.6. The second-order valence-corrected chi connectivity index (χ2v) is 2.73. The Labute approximate surface area is 106 Å². The molecule has 1 aromatic rings. The molecule has 5 heteroatoms. The first-order valence-corrected chi connectivity index (χ1v) is 4.63. The van der Waals surface area contributed by atoms with E-state index in [4.69, 9.17) is 9.47 Å². The normalized spacial score (nSPS) is 7.79. The van der Waals surface area contributed by atoms with Gasteiger partial charge in [-0.1, -0.05) is 0 Å². The van der Waals surface area contributed by atoms with Gasteiger partial charge in [-0.3, -0.25) is 6.38 Å². The number of hydrogen-bond donors (Lipinski definition) is 0. The molecule has 0 aliphatic rings. The standard InChI is InChI=1S/C8H11O2P.CH2Cl.Pd/c1-9-6-3-4-8(11)7(5-6)10-2;1-2;/h3-5H,11H2,1-2H3;1H2;/q;-1;. The van der Waals surface area contributed by atoms with Gasteiger partial charge in [0, 0.05) is 31.8 Å². The smallest absolute Gasteiger partial charge is 0.129 e. The van der Waals surface area contributed by atoms with Gasteiger partial charge in [0.05, 0.1) is 14.2 Å². The molecule has 0 saturated heterocycles. The average molecular weight is 326 g/mol. The summed E-state index contributed by atoms with van der Waals surface area (Å²) in [5.74, 6) is 1.64. The van der Waals surface area contributed by atoms with Gasteiger partial charge in [-0.25, -0.2) is 0 Å². The molecule has 0 aromatic heterocycles. The van der Waals surface area contributed by atoms with Crippen molar-refractivity contribution < 1.29 is 29.9 Å². The molecule has 14 heavy (non-hydrogen) atoms. The van der Waals surface area contributed by atoms with Crippen molar-refractivity contribution in [3.63, 3.8) is 0 Å². The van der Waals surface area contributed by atoms with Gasteiger partial charge in [0.15, 0.2) is 0 Å². The molecule has 0 amide bonds. The Bertz CT molecular complexity index is 259. The van der Waals surface area contributed by atoms with E-state index in [0.29, 0.717) is 0 Å². The Morgan fingerprint density at radius 2 is 1.79 bits per heavy atom. The van der Waals surface area contributed by atoms with Crippen molar-refractivity contribution in [1.29, 1.82) is 0 Å². The van der Waals surface area contributed by atoms with Crippen LogP contribution in [0.2, 0.25) is 0 Å². The largest absolute Gasteiger partial charge is 0.497 e. The van der Waals surface area contributed by atoms with Crippen molar-refractivity contribution >= 4 is 26.1 Å². The van der Waals surface area contributed by atoms with Crippen LogP contribution in [0.1, 0.15) is 0 Å². The number of methoxy groups -OCH3 is 2. The molecule has 2 nitrogen and oxygen atoms in total. The zero-order valence-electron chi connectivity index (χ0n) is 8.03. The summed E-state index contributed by atoms with van der Waals surface area (Å²) in [7, 11) is 5.87. The first-order chi connectivity index (χ1) is 6.27. The molecule has 1 aromatic carbocycles. The Morgan fingerprint density at radius 3 is 2.21 bits per heavy atom. The summed E-state index contributed by atoms with van der Waals surface area (Å²) in [6.07, 6.45) is 2.72. The van der Waals surface area contributed by atoms with Crippen molar-refractivity contribution in [1.82, 2.24) is 0 Å². The number of benzene rings is 1. The molecule has 0 N–H and O–H groups in total. The maximum Gasteiger partial charge on any atom is 0.129 e. The van der Waals surface area contributed by atoms with Gasteiger partial charge in [-0.05, 0) is 12.1 Å². The summed E-state index contributed by atoms with van der Waals surface area (Å²) in [6, 6.07) is 5.68. The van der Waals surface area contributed by atoms with E-state index >= 15 is 0 Å². The van der Waals surface area contributed by atoms with E-state index in [1.54, 1.807) is 14.2 Å². The van der Waals surface area contributed by atoms with Crippen molar-refractivity contribution in [2.75, 3.05) is 14.2 Å². The summed E-state index contributed by atoms with van der Waals surface area (Å²) in [5, 5.41) is 1.04. The van der Waals surface area contributed by atoms with Crippen molar-refractivity contribution in [3.8, 4) is 11.5 Å². The predicted octanol–water partition coefficient (Wildman–Crippen LogP) is 2.22. The Hall–Kier alpha value is 0.202. The molecule has 84 valence electrons.